The van der Waals surface area contributed by atoms with Crippen molar-refractivity contribution in [2.75, 3.05) is 7.11 Å². The van der Waals surface area contributed by atoms with Crippen LogP contribution in [0, 0.1) is 11.8 Å². The highest BCUT2D eigenvalue weighted by atomic mass is 16.5. The van der Waals surface area contributed by atoms with Crippen molar-refractivity contribution in [1.29, 1.82) is 0 Å². The van der Waals surface area contributed by atoms with Crippen molar-refractivity contribution in [3.8, 4) is 11.8 Å². The lowest BCUT2D eigenvalue weighted by Gasteiger charge is -1.97. The maximum absolute atomic E-state index is 10.9. The molecule has 21 heavy (non-hydrogen) atoms. The lowest BCUT2D eigenvalue weighted by atomic mass is 10.1. The van der Waals surface area contributed by atoms with Crippen molar-refractivity contribution >= 4 is 5.97 Å². The molecule has 120 valence electrons. The summed E-state index contributed by atoms with van der Waals surface area (Å²) in [4.78, 5) is 10.9. The topological polar surface area (TPSA) is 26.3 Å². The zero-order chi connectivity index (χ0) is 15.6. The minimum atomic E-state index is -0.144. The fraction of sp³-hybridized carbons (Fsp3) is 0.737. The largest absolute Gasteiger partial charge is 0.469 e. The van der Waals surface area contributed by atoms with E-state index < -0.39 is 0 Å². The first-order valence-electron chi connectivity index (χ1n) is 8.48. The molecule has 0 amide bonds. The number of carbonyl (C=O) groups excluding carboxylic acids is 1. The molecule has 0 aliphatic rings. The number of ether oxygens (including phenoxy) is 1. The van der Waals surface area contributed by atoms with Crippen molar-refractivity contribution in [3.63, 3.8) is 0 Å². The molecule has 0 aliphatic heterocycles. The first kappa shape index (κ1) is 19.8. The van der Waals surface area contributed by atoms with E-state index in [4.69, 9.17) is 0 Å². The second-order valence-corrected chi connectivity index (χ2v) is 5.35. The van der Waals surface area contributed by atoms with Crippen LogP contribution in [0.4, 0.5) is 0 Å². The van der Waals surface area contributed by atoms with Gasteiger partial charge in [0.25, 0.3) is 0 Å². The molecule has 0 heterocycles. The van der Waals surface area contributed by atoms with Crippen LogP contribution in [0.1, 0.15) is 84.0 Å². The average Bonchev–Trinajstić information content (AvgIpc) is 2.50. The molecule has 0 saturated heterocycles. The maximum atomic E-state index is 10.9. The molecule has 0 fully saturated rings. The van der Waals surface area contributed by atoms with Gasteiger partial charge in [-0.3, -0.25) is 4.79 Å². The fourth-order valence-electron chi connectivity index (χ4n) is 2.03. The van der Waals surface area contributed by atoms with Crippen LogP contribution in [-0.2, 0) is 9.53 Å². The molecule has 0 atom stereocenters. The van der Waals surface area contributed by atoms with Gasteiger partial charge >= 0.3 is 5.97 Å². The van der Waals surface area contributed by atoms with E-state index in [9.17, 15) is 4.79 Å². The van der Waals surface area contributed by atoms with Gasteiger partial charge in [-0.1, -0.05) is 51.2 Å². The van der Waals surface area contributed by atoms with Crippen LogP contribution in [0.15, 0.2) is 12.2 Å². The molecule has 0 unspecified atom stereocenters. The van der Waals surface area contributed by atoms with E-state index in [-0.39, 0.29) is 5.97 Å². The number of methoxy groups -OCH3 is 1. The molecule has 0 aliphatic carbocycles. The van der Waals surface area contributed by atoms with Crippen molar-refractivity contribution in [2.45, 2.75) is 84.0 Å². The zero-order valence-electron chi connectivity index (χ0n) is 14.0. The van der Waals surface area contributed by atoms with Crippen LogP contribution in [0.25, 0.3) is 0 Å². The molecule has 0 N–H and O–H groups in total. The molecule has 0 rings (SSSR count). The number of hydrogen-bond donors (Lipinski definition) is 0. The third kappa shape index (κ3) is 16.7. The second kappa shape index (κ2) is 16.8. The van der Waals surface area contributed by atoms with Gasteiger partial charge in [0.1, 0.15) is 0 Å². The van der Waals surface area contributed by atoms with Gasteiger partial charge in [0.05, 0.1) is 7.11 Å². The van der Waals surface area contributed by atoms with Gasteiger partial charge in [-0.25, -0.2) is 0 Å². The third-order valence-electron chi connectivity index (χ3n) is 3.36. The van der Waals surface area contributed by atoms with Crippen LogP contribution < -0.4 is 0 Å². The number of esters is 1. The Morgan fingerprint density at radius 3 is 2.33 bits per heavy atom. The number of carbonyl (C=O) groups is 1. The normalized spacial score (nSPS) is 10.4. The molecule has 0 aromatic heterocycles. The molecule has 2 heteroatoms. The van der Waals surface area contributed by atoms with E-state index in [0.29, 0.717) is 6.42 Å². The summed E-state index contributed by atoms with van der Waals surface area (Å²) in [6.45, 7) is 2.25. The average molecular weight is 292 g/mol. The van der Waals surface area contributed by atoms with E-state index in [2.05, 4.69) is 35.7 Å². The highest BCUT2D eigenvalue weighted by Crippen LogP contribution is 2.07. The third-order valence-corrected chi connectivity index (χ3v) is 3.36. The van der Waals surface area contributed by atoms with Crippen LogP contribution in [0.3, 0.4) is 0 Å². The quantitative estimate of drug-likeness (QED) is 0.208. The number of rotatable bonds is 12. The predicted octanol–water partition coefficient (Wildman–Crippen LogP) is 5.42. The lowest BCUT2D eigenvalue weighted by Crippen LogP contribution is -1.98. The molecule has 0 saturated carbocycles. The standard InChI is InChI=1S/C19H32O2/c1-3-4-5-6-7-8-9-10-11-12-13-14-15-16-17-18-19(20)21-2/h10-11H,3-9,12-13,16-18H2,1-2H3. The van der Waals surface area contributed by atoms with Crippen LogP contribution in [0.5, 0.6) is 0 Å². The summed E-state index contributed by atoms with van der Waals surface area (Å²) in [6.07, 6.45) is 17.9. The van der Waals surface area contributed by atoms with E-state index in [1.165, 1.54) is 52.1 Å². The van der Waals surface area contributed by atoms with Gasteiger partial charge in [0.15, 0.2) is 0 Å². The number of unbranched alkanes of at least 4 members (excludes halogenated alkanes) is 8. The summed E-state index contributed by atoms with van der Waals surface area (Å²) >= 11 is 0. The lowest BCUT2D eigenvalue weighted by molar-refractivity contribution is -0.140. The van der Waals surface area contributed by atoms with Crippen LogP contribution in [0.2, 0.25) is 0 Å². The van der Waals surface area contributed by atoms with Crippen molar-refractivity contribution in [3.05, 3.63) is 12.2 Å². The van der Waals surface area contributed by atoms with Crippen LogP contribution in [-0.4, -0.2) is 13.1 Å². The van der Waals surface area contributed by atoms with E-state index >= 15 is 0 Å². The smallest absolute Gasteiger partial charge is 0.305 e. The maximum Gasteiger partial charge on any atom is 0.305 e. The zero-order valence-corrected chi connectivity index (χ0v) is 14.0. The summed E-state index contributed by atoms with van der Waals surface area (Å²) in [5, 5.41) is 0. The first-order chi connectivity index (χ1) is 10.3. The molecular weight excluding hydrogens is 260 g/mol. The Morgan fingerprint density at radius 1 is 0.905 bits per heavy atom. The van der Waals surface area contributed by atoms with E-state index in [0.717, 1.165) is 25.7 Å². The molecule has 0 aromatic rings. The monoisotopic (exact) mass is 292 g/mol. The Morgan fingerprint density at radius 2 is 1.57 bits per heavy atom. The van der Waals surface area contributed by atoms with Gasteiger partial charge in [-0.2, -0.15) is 0 Å². The second-order valence-electron chi connectivity index (χ2n) is 5.35. The molecule has 2 nitrogen and oxygen atoms in total. The van der Waals surface area contributed by atoms with Crippen molar-refractivity contribution < 1.29 is 9.53 Å². The predicted molar refractivity (Wildman–Crippen MR) is 90.0 cm³/mol. The minimum Gasteiger partial charge on any atom is -0.469 e. The fourth-order valence-corrected chi connectivity index (χ4v) is 2.03. The summed E-state index contributed by atoms with van der Waals surface area (Å²) < 4.78 is 4.57. The highest BCUT2D eigenvalue weighted by Gasteiger charge is 1.96. The van der Waals surface area contributed by atoms with E-state index in [1.54, 1.807) is 0 Å². The van der Waals surface area contributed by atoms with Gasteiger partial charge in [0.2, 0.25) is 0 Å². The van der Waals surface area contributed by atoms with Gasteiger partial charge < -0.3 is 4.74 Å². The molecular formula is C19H32O2. The number of hydrogen-bond acceptors (Lipinski definition) is 2. The SMILES string of the molecule is CCCCCCCCC=CCCC#CCCCC(=O)OC. The Kier molecular flexibility index (Phi) is 15.8. The molecule has 0 aromatic carbocycles. The number of allylic oxidation sites excluding steroid dienone is 2. The molecule has 0 radical (unpaired) electrons. The summed E-state index contributed by atoms with van der Waals surface area (Å²) in [5.41, 5.74) is 0. The summed E-state index contributed by atoms with van der Waals surface area (Å²) in [6, 6.07) is 0. The van der Waals surface area contributed by atoms with Gasteiger partial charge in [-0.05, 0) is 25.7 Å². The molecule has 0 spiro atoms. The van der Waals surface area contributed by atoms with Crippen molar-refractivity contribution in [1.82, 2.24) is 0 Å². The summed E-state index contributed by atoms with van der Waals surface area (Å²) in [5.74, 6) is 6.11. The van der Waals surface area contributed by atoms with Crippen molar-refractivity contribution in [2.24, 2.45) is 0 Å². The Labute approximate surface area is 131 Å². The Balaban J connectivity index is 3.27. The van der Waals surface area contributed by atoms with Crippen LogP contribution >= 0.6 is 0 Å². The van der Waals surface area contributed by atoms with E-state index in [1.807, 2.05) is 0 Å². The highest BCUT2D eigenvalue weighted by molar-refractivity contribution is 5.69. The first-order valence-corrected chi connectivity index (χ1v) is 8.48. The Bertz CT molecular complexity index is 320. The minimum absolute atomic E-state index is 0.144. The summed E-state index contributed by atoms with van der Waals surface area (Å²) in [7, 11) is 1.42. The Hall–Kier alpha value is -1.23. The molecule has 0 bridgehead atoms. The van der Waals surface area contributed by atoms with Gasteiger partial charge in [0, 0.05) is 19.3 Å². The van der Waals surface area contributed by atoms with Gasteiger partial charge in [-0.15, -0.1) is 11.8 Å².